The number of likely N-dealkylation sites (N-methyl/N-ethyl adjacent to an activating group) is 1. The maximum absolute atomic E-state index is 12.6. The summed E-state index contributed by atoms with van der Waals surface area (Å²) in [5, 5.41) is 10.7. The molecular formula is C16H26F3NO. The molecular weight excluding hydrogens is 279 g/mol. The minimum Gasteiger partial charge on any atom is -0.391 e. The summed E-state index contributed by atoms with van der Waals surface area (Å²) in [6.45, 7) is 1.33. The lowest BCUT2D eigenvalue weighted by atomic mass is 9.48. The number of aliphatic hydroxyl groups is 1. The zero-order chi connectivity index (χ0) is 15.3. The Bertz CT molecular complexity index is 347. The van der Waals surface area contributed by atoms with Crippen molar-refractivity contribution in [2.24, 2.45) is 23.2 Å². The normalized spacial score (nSPS) is 40.0. The van der Waals surface area contributed by atoms with Crippen molar-refractivity contribution in [2.45, 2.75) is 57.7 Å². The summed E-state index contributed by atoms with van der Waals surface area (Å²) in [7, 11) is 0. The van der Waals surface area contributed by atoms with Gasteiger partial charge < -0.3 is 5.11 Å². The molecule has 5 heteroatoms. The highest BCUT2D eigenvalue weighted by atomic mass is 19.4. The molecule has 4 aliphatic carbocycles. The molecule has 122 valence electrons. The number of halogens is 3. The molecule has 2 nitrogen and oxygen atoms in total. The topological polar surface area (TPSA) is 23.5 Å². The molecule has 0 saturated heterocycles. The fourth-order valence-corrected chi connectivity index (χ4v) is 5.58. The van der Waals surface area contributed by atoms with Crippen LogP contribution in [0.5, 0.6) is 0 Å². The lowest BCUT2D eigenvalue weighted by Gasteiger charge is -2.58. The Morgan fingerprint density at radius 3 is 1.95 bits per heavy atom. The van der Waals surface area contributed by atoms with E-state index < -0.39 is 18.8 Å². The third kappa shape index (κ3) is 3.24. The molecule has 4 fully saturated rings. The SMILES string of the molecule is CCN(CC(O)C12CC3CC(CC(C3)C1)C2)CC(F)(F)F. The van der Waals surface area contributed by atoms with Crippen LogP contribution in [-0.4, -0.2) is 41.9 Å². The predicted octanol–water partition coefficient (Wildman–Crippen LogP) is 3.45. The van der Waals surface area contributed by atoms with E-state index in [0.29, 0.717) is 24.3 Å². The Hall–Kier alpha value is -0.290. The van der Waals surface area contributed by atoms with Gasteiger partial charge in [-0.1, -0.05) is 6.92 Å². The van der Waals surface area contributed by atoms with Gasteiger partial charge in [-0.2, -0.15) is 13.2 Å². The number of aliphatic hydroxyl groups excluding tert-OH is 1. The van der Waals surface area contributed by atoms with Crippen molar-refractivity contribution in [1.29, 1.82) is 0 Å². The lowest BCUT2D eigenvalue weighted by Crippen LogP contribution is -2.55. The first-order valence-corrected chi connectivity index (χ1v) is 8.27. The average Bonchev–Trinajstić information content (AvgIpc) is 2.34. The van der Waals surface area contributed by atoms with Gasteiger partial charge in [-0.15, -0.1) is 0 Å². The van der Waals surface area contributed by atoms with E-state index in [1.807, 2.05) is 0 Å². The number of nitrogens with zero attached hydrogens (tertiary/aromatic N) is 1. The number of hydrogen-bond acceptors (Lipinski definition) is 2. The summed E-state index contributed by atoms with van der Waals surface area (Å²) < 4.78 is 37.7. The fraction of sp³-hybridized carbons (Fsp3) is 1.00. The summed E-state index contributed by atoms with van der Waals surface area (Å²) in [6, 6.07) is 0. The Labute approximate surface area is 124 Å². The van der Waals surface area contributed by atoms with Gasteiger partial charge in [-0.3, -0.25) is 4.90 Å². The van der Waals surface area contributed by atoms with Crippen LogP contribution in [0.3, 0.4) is 0 Å². The van der Waals surface area contributed by atoms with Crippen molar-refractivity contribution in [3.8, 4) is 0 Å². The summed E-state index contributed by atoms with van der Waals surface area (Å²) >= 11 is 0. The molecule has 1 unspecified atom stereocenters. The highest BCUT2D eigenvalue weighted by Gasteiger charge is 2.54. The van der Waals surface area contributed by atoms with Gasteiger partial charge in [-0.05, 0) is 68.2 Å². The summed E-state index contributed by atoms with van der Waals surface area (Å²) in [6.07, 6.45) is 2.16. The van der Waals surface area contributed by atoms with Gasteiger partial charge in [0.25, 0.3) is 0 Å². The molecule has 0 heterocycles. The molecule has 0 aromatic carbocycles. The van der Waals surface area contributed by atoms with Gasteiger partial charge in [0, 0.05) is 6.54 Å². The predicted molar refractivity (Wildman–Crippen MR) is 74.8 cm³/mol. The second kappa shape index (κ2) is 5.41. The lowest BCUT2D eigenvalue weighted by molar-refractivity contribution is -0.160. The number of alkyl halides is 3. The molecule has 1 atom stereocenters. The number of rotatable bonds is 5. The van der Waals surface area contributed by atoms with E-state index in [-0.39, 0.29) is 12.0 Å². The van der Waals surface area contributed by atoms with Crippen LogP contribution in [0.1, 0.15) is 45.4 Å². The van der Waals surface area contributed by atoms with Crippen molar-refractivity contribution < 1.29 is 18.3 Å². The smallest absolute Gasteiger partial charge is 0.391 e. The molecule has 4 saturated carbocycles. The van der Waals surface area contributed by atoms with Crippen LogP contribution < -0.4 is 0 Å². The van der Waals surface area contributed by atoms with Crippen molar-refractivity contribution in [3.05, 3.63) is 0 Å². The van der Waals surface area contributed by atoms with Gasteiger partial charge in [-0.25, -0.2) is 0 Å². The van der Waals surface area contributed by atoms with E-state index in [4.69, 9.17) is 0 Å². The third-order valence-electron chi connectivity index (χ3n) is 6.07. The van der Waals surface area contributed by atoms with E-state index in [1.54, 1.807) is 6.92 Å². The van der Waals surface area contributed by atoms with Crippen molar-refractivity contribution in [2.75, 3.05) is 19.6 Å². The summed E-state index contributed by atoms with van der Waals surface area (Å²) in [5.74, 6) is 2.13. The van der Waals surface area contributed by atoms with Crippen LogP contribution in [0, 0.1) is 23.2 Å². The largest absolute Gasteiger partial charge is 0.401 e. The quantitative estimate of drug-likeness (QED) is 0.841. The standard InChI is InChI=1S/C16H26F3NO/c1-2-20(10-16(17,18)19)9-14(21)15-6-11-3-12(7-15)5-13(4-11)8-15/h11-14,21H,2-10H2,1H3. The van der Waals surface area contributed by atoms with Crippen LogP contribution in [0.25, 0.3) is 0 Å². The van der Waals surface area contributed by atoms with Crippen molar-refractivity contribution in [1.82, 2.24) is 4.90 Å². The fourth-order valence-electron chi connectivity index (χ4n) is 5.58. The Balaban J connectivity index is 1.66. The Morgan fingerprint density at radius 2 is 1.57 bits per heavy atom. The zero-order valence-corrected chi connectivity index (χ0v) is 12.7. The maximum Gasteiger partial charge on any atom is 0.401 e. The van der Waals surface area contributed by atoms with Crippen molar-refractivity contribution >= 4 is 0 Å². The molecule has 4 bridgehead atoms. The van der Waals surface area contributed by atoms with Gasteiger partial charge in [0.05, 0.1) is 12.6 Å². The minimum absolute atomic E-state index is 0.0895. The van der Waals surface area contributed by atoms with E-state index in [2.05, 4.69) is 0 Å². The third-order valence-corrected chi connectivity index (χ3v) is 6.07. The molecule has 0 spiro atoms. The van der Waals surface area contributed by atoms with E-state index in [1.165, 1.54) is 24.2 Å². The van der Waals surface area contributed by atoms with Crippen molar-refractivity contribution in [3.63, 3.8) is 0 Å². The second-order valence-corrected chi connectivity index (χ2v) is 7.74. The van der Waals surface area contributed by atoms with Gasteiger partial charge >= 0.3 is 6.18 Å². The molecule has 0 aliphatic heterocycles. The summed E-state index contributed by atoms with van der Waals surface area (Å²) in [4.78, 5) is 1.35. The first kappa shape index (κ1) is 15.6. The van der Waals surface area contributed by atoms with Gasteiger partial charge in [0.1, 0.15) is 0 Å². The molecule has 4 rings (SSSR count). The average molecular weight is 305 g/mol. The molecule has 0 amide bonds. The molecule has 21 heavy (non-hydrogen) atoms. The van der Waals surface area contributed by atoms with Crippen LogP contribution >= 0.6 is 0 Å². The van der Waals surface area contributed by atoms with Crippen LogP contribution in [0.15, 0.2) is 0 Å². The maximum atomic E-state index is 12.6. The van der Waals surface area contributed by atoms with Crippen LogP contribution in [0.2, 0.25) is 0 Å². The second-order valence-electron chi connectivity index (χ2n) is 7.74. The first-order chi connectivity index (χ1) is 9.79. The minimum atomic E-state index is -4.18. The monoisotopic (exact) mass is 305 g/mol. The molecule has 4 aliphatic rings. The highest BCUT2D eigenvalue weighted by molar-refractivity contribution is 5.04. The molecule has 0 radical (unpaired) electrons. The Morgan fingerprint density at radius 1 is 1.10 bits per heavy atom. The van der Waals surface area contributed by atoms with E-state index in [9.17, 15) is 18.3 Å². The first-order valence-electron chi connectivity index (χ1n) is 8.27. The van der Waals surface area contributed by atoms with E-state index >= 15 is 0 Å². The van der Waals surface area contributed by atoms with E-state index in [0.717, 1.165) is 19.3 Å². The molecule has 0 aromatic rings. The Kier molecular flexibility index (Phi) is 4.02. The number of hydrogen-bond donors (Lipinski definition) is 1. The molecule has 0 aromatic heterocycles. The summed E-state index contributed by atoms with van der Waals surface area (Å²) in [5.41, 5.74) is -0.0895. The van der Waals surface area contributed by atoms with Crippen LogP contribution in [0.4, 0.5) is 13.2 Å². The van der Waals surface area contributed by atoms with Crippen LogP contribution in [-0.2, 0) is 0 Å². The highest BCUT2D eigenvalue weighted by Crippen LogP contribution is 2.61. The zero-order valence-electron chi connectivity index (χ0n) is 12.7. The van der Waals surface area contributed by atoms with Gasteiger partial charge in [0.2, 0.25) is 0 Å². The molecule has 1 N–H and O–H groups in total. The van der Waals surface area contributed by atoms with Gasteiger partial charge in [0.15, 0.2) is 0 Å².